The lowest BCUT2D eigenvalue weighted by atomic mass is 10.2. The van der Waals surface area contributed by atoms with E-state index >= 15 is 0 Å². The van der Waals surface area contributed by atoms with E-state index in [1.54, 1.807) is 4.68 Å². The number of aryl methyl sites for hydroxylation is 1. The van der Waals surface area contributed by atoms with Gasteiger partial charge in [0.2, 0.25) is 0 Å². The molecule has 0 bridgehead atoms. The number of rotatable bonds is 4. The molecule has 1 heterocycles. The van der Waals surface area contributed by atoms with Gasteiger partial charge in [-0.2, -0.15) is 5.10 Å². The van der Waals surface area contributed by atoms with Crippen molar-refractivity contribution < 1.29 is 4.74 Å². The fraction of sp³-hybridized carbons (Fsp3) is 0.250. The molecular formula is C12H13ClN2O. The summed E-state index contributed by atoms with van der Waals surface area (Å²) in [4.78, 5) is 0. The van der Waals surface area contributed by atoms with Gasteiger partial charge in [0, 0.05) is 13.1 Å². The third-order valence-corrected chi connectivity index (χ3v) is 2.59. The maximum atomic E-state index is 5.87. The molecule has 1 aromatic carbocycles. The molecule has 0 spiro atoms. The topological polar surface area (TPSA) is 27.1 Å². The summed E-state index contributed by atoms with van der Waals surface area (Å²) in [6.45, 7) is 1.07. The van der Waals surface area contributed by atoms with Crippen LogP contribution in [0.1, 0.15) is 11.3 Å². The van der Waals surface area contributed by atoms with Crippen LogP contribution in [-0.2, 0) is 25.0 Å². The average molecular weight is 237 g/mol. The Labute approximate surface area is 99.6 Å². The maximum absolute atomic E-state index is 5.87. The Morgan fingerprint density at radius 1 is 1.25 bits per heavy atom. The number of nitrogens with zero attached hydrogens (tertiary/aromatic N) is 2. The van der Waals surface area contributed by atoms with E-state index in [-0.39, 0.29) is 0 Å². The summed E-state index contributed by atoms with van der Waals surface area (Å²) in [6.07, 6.45) is 0. The van der Waals surface area contributed by atoms with E-state index in [1.165, 1.54) is 0 Å². The maximum Gasteiger partial charge on any atom is 0.127 e. The normalized spacial score (nSPS) is 10.6. The SMILES string of the molecule is Cn1nc(COCc2ccccc2)cc1Cl. The molecule has 3 nitrogen and oxygen atoms in total. The van der Waals surface area contributed by atoms with Gasteiger partial charge in [-0.15, -0.1) is 0 Å². The Kier molecular flexibility index (Phi) is 3.59. The molecule has 84 valence electrons. The Bertz CT molecular complexity index is 434. The van der Waals surface area contributed by atoms with Crippen LogP contribution in [-0.4, -0.2) is 9.78 Å². The van der Waals surface area contributed by atoms with E-state index in [9.17, 15) is 0 Å². The molecule has 16 heavy (non-hydrogen) atoms. The van der Waals surface area contributed by atoms with Crippen LogP contribution in [0.15, 0.2) is 36.4 Å². The molecule has 0 saturated carbocycles. The molecule has 2 aromatic rings. The van der Waals surface area contributed by atoms with Gasteiger partial charge in [-0.1, -0.05) is 41.9 Å². The molecule has 2 rings (SSSR count). The van der Waals surface area contributed by atoms with Crippen molar-refractivity contribution in [1.29, 1.82) is 0 Å². The average Bonchev–Trinajstić information content (AvgIpc) is 2.60. The van der Waals surface area contributed by atoms with E-state index in [2.05, 4.69) is 5.10 Å². The fourth-order valence-electron chi connectivity index (χ4n) is 1.42. The van der Waals surface area contributed by atoms with Crippen molar-refractivity contribution in [2.24, 2.45) is 7.05 Å². The molecule has 0 radical (unpaired) electrons. The van der Waals surface area contributed by atoms with Crippen molar-refractivity contribution in [1.82, 2.24) is 9.78 Å². The van der Waals surface area contributed by atoms with Crippen molar-refractivity contribution in [3.8, 4) is 0 Å². The molecule has 0 atom stereocenters. The smallest absolute Gasteiger partial charge is 0.127 e. The van der Waals surface area contributed by atoms with Gasteiger partial charge >= 0.3 is 0 Å². The molecule has 0 unspecified atom stereocenters. The third kappa shape index (κ3) is 2.84. The van der Waals surface area contributed by atoms with Gasteiger partial charge in [0.1, 0.15) is 5.15 Å². The molecular weight excluding hydrogens is 224 g/mol. The minimum absolute atomic E-state index is 0.482. The summed E-state index contributed by atoms with van der Waals surface area (Å²) >= 11 is 5.87. The minimum Gasteiger partial charge on any atom is -0.370 e. The van der Waals surface area contributed by atoms with Crippen molar-refractivity contribution in [2.75, 3.05) is 0 Å². The Morgan fingerprint density at radius 2 is 2.00 bits per heavy atom. The predicted molar refractivity (Wildman–Crippen MR) is 63.2 cm³/mol. The van der Waals surface area contributed by atoms with E-state index in [0.717, 1.165) is 11.3 Å². The number of aromatic nitrogens is 2. The zero-order chi connectivity index (χ0) is 11.4. The van der Waals surface area contributed by atoms with Gasteiger partial charge in [-0.05, 0) is 5.56 Å². The first kappa shape index (κ1) is 11.2. The van der Waals surface area contributed by atoms with Crippen LogP contribution in [0, 0.1) is 0 Å². The molecule has 0 aliphatic carbocycles. The highest BCUT2D eigenvalue weighted by atomic mass is 35.5. The van der Waals surface area contributed by atoms with Gasteiger partial charge in [-0.3, -0.25) is 4.68 Å². The second-order valence-electron chi connectivity index (χ2n) is 3.56. The lowest BCUT2D eigenvalue weighted by molar-refractivity contribution is 0.104. The molecule has 0 N–H and O–H groups in total. The summed E-state index contributed by atoms with van der Waals surface area (Å²) in [5.41, 5.74) is 2.01. The number of hydrogen-bond donors (Lipinski definition) is 0. The highest BCUT2D eigenvalue weighted by Gasteiger charge is 2.02. The summed E-state index contributed by atoms with van der Waals surface area (Å²) in [5, 5.41) is 4.82. The first-order valence-corrected chi connectivity index (χ1v) is 5.43. The van der Waals surface area contributed by atoms with Crippen molar-refractivity contribution in [3.63, 3.8) is 0 Å². The van der Waals surface area contributed by atoms with Crippen LogP contribution in [0.2, 0.25) is 5.15 Å². The Hall–Kier alpha value is -1.32. The summed E-state index contributed by atoms with van der Waals surface area (Å²) in [6, 6.07) is 11.9. The van der Waals surface area contributed by atoms with Gasteiger partial charge < -0.3 is 4.74 Å². The van der Waals surface area contributed by atoms with E-state index in [0.29, 0.717) is 18.4 Å². The second-order valence-corrected chi connectivity index (χ2v) is 3.95. The van der Waals surface area contributed by atoms with Crippen LogP contribution in [0.5, 0.6) is 0 Å². The monoisotopic (exact) mass is 236 g/mol. The quantitative estimate of drug-likeness (QED) is 0.816. The van der Waals surface area contributed by atoms with E-state index in [4.69, 9.17) is 16.3 Å². The molecule has 0 aliphatic rings. The van der Waals surface area contributed by atoms with Gasteiger partial charge in [0.15, 0.2) is 0 Å². The number of halogens is 1. The van der Waals surface area contributed by atoms with Gasteiger partial charge in [0.25, 0.3) is 0 Å². The number of hydrogen-bond acceptors (Lipinski definition) is 2. The molecule has 1 aromatic heterocycles. The number of ether oxygens (including phenoxy) is 1. The van der Waals surface area contributed by atoms with E-state index in [1.807, 2.05) is 43.4 Å². The zero-order valence-electron chi connectivity index (χ0n) is 9.06. The number of benzene rings is 1. The highest BCUT2D eigenvalue weighted by molar-refractivity contribution is 6.29. The minimum atomic E-state index is 0.482. The van der Waals surface area contributed by atoms with Crippen LogP contribution in [0.25, 0.3) is 0 Å². The van der Waals surface area contributed by atoms with E-state index < -0.39 is 0 Å². The summed E-state index contributed by atoms with van der Waals surface area (Å²) < 4.78 is 7.17. The molecule has 0 amide bonds. The first-order chi connectivity index (χ1) is 7.75. The Morgan fingerprint density at radius 3 is 2.62 bits per heavy atom. The summed E-state index contributed by atoms with van der Waals surface area (Å²) in [5.74, 6) is 0. The van der Waals surface area contributed by atoms with Crippen molar-refractivity contribution >= 4 is 11.6 Å². The van der Waals surface area contributed by atoms with Crippen molar-refractivity contribution in [3.05, 3.63) is 52.8 Å². The highest BCUT2D eigenvalue weighted by Crippen LogP contribution is 2.10. The lowest BCUT2D eigenvalue weighted by Gasteiger charge is -2.01. The third-order valence-electron chi connectivity index (χ3n) is 2.23. The van der Waals surface area contributed by atoms with Crippen LogP contribution in [0.4, 0.5) is 0 Å². The molecule has 0 aliphatic heterocycles. The van der Waals surface area contributed by atoms with Gasteiger partial charge in [-0.25, -0.2) is 0 Å². The van der Waals surface area contributed by atoms with Crippen LogP contribution < -0.4 is 0 Å². The predicted octanol–water partition coefficient (Wildman–Crippen LogP) is 2.79. The fourth-order valence-corrected chi connectivity index (χ4v) is 1.58. The van der Waals surface area contributed by atoms with Gasteiger partial charge in [0.05, 0.1) is 18.9 Å². The summed E-state index contributed by atoms with van der Waals surface area (Å²) in [7, 11) is 1.81. The standard InChI is InChI=1S/C12H13ClN2O/c1-15-12(13)7-11(14-15)9-16-8-10-5-3-2-4-6-10/h2-7H,8-9H2,1H3. The van der Waals surface area contributed by atoms with Crippen LogP contribution >= 0.6 is 11.6 Å². The lowest BCUT2D eigenvalue weighted by Crippen LogP contribution is -1.96. The second kappa shape index (κ2) is 5.14. The zero-order valence-corrected chi connectivity index (χ0v) is 9.81. The first-order valence-electron chi connectivity index (χ1n) is 5.06. The molecule has 4 heteroatoms. The van der Waals surface area contributed by atoms with Crippen molar-refractivity contribution in [2.45, 2.75) is 13.2 Å². The molecule has 0 saturated heterocycles. The molecule has 0 fully saturated rings. The Balaban J connectivity index is 1.84. The van der Waals surface area contributed by atoms with Crippen LogP contribution in [0.3, 0.4) is 0 Å². The largest absolute Gasteiger partial charge is 0.370 e.